The number of ether oxygens (including phenoxy) is 1. The first-order valence-electron chi connectivity index (χ1n) is 11.2. The molecule has 32 heavy (non-hydrogen) atoms. The summed E-state index contributed by atoms with van der Waals surface area (Å²) in [6.45, 7) is 7.00. The zero-order valence-corrected chi connectivity index (χ0v) is 18.9. The highest BCUT2D eigenvalue weighted by atomic mass is 16.6. The van der Waals surface area contributed by atoms with E-state index in [2.05, 4.69) is 15.2 Å². The highest BCUT2D eigenvalue weighted by Gasteiger charge is 2.33. The number of carbonyl (C=O) groups excluding carboxylic acids is 2. The van der Waals surface area contributed by atoms with Gasteiger partial charge in [-0.2, -0.15) is 0 Å². The number of aromatic nitrogens is 1. The lowest BCUT2D eigenvalue weighted by molar-refractivity contribution is 0.0459. The highest BCUT2D eigenvalue weighted by molar-refractivity contribution is 6.10. The first kappa shape index (κ1) is 22.1. The number of piperidine rings is 1. The second-order valence-electron chi connectivity index (χ2n) is 9.38. The van der Waals surface area contributed by atoms with Crippen molar-refractivity contribution in [1.82, 2.24) is 15.2 Å². The molecule has 1 aliphatic heterocycles. The van der Waals surface area contributed by atoms with Crippen molar-refractivity contribution in [3.05, 3.63) is 71.9 Å². The van der Waals surface area contributed by atoms with Gasteiger partial charge >= 0.3 is 6.09 Å². The van der Waals surface area contributed by atoms with E-state index < -0.39 is 5.60 Å². The molecule has 2 heterocycles. The Balaban J connectivity index is 1.51. The number of Topliss-reactive ketones (excluding diaryl/α,β-unsaturated/α-hetero) is 1. The maximum absolute atomic E-state index is 13.8. The van der Waals surface area contributed by atoms with Gasteiger partial charge in [-0.25, -0.2) is 4.79 Å². The molecule has 168 valence electrons. The summed E-state index contributed by atoms with van der Waals surface area (Å²) in [5, 5.41) is 3.92. The zero-order valence-electron chi connectivity index (χ0n) is 18.9. The number of H-pyrrole nitrogens is 1. The number of nitrogens with zero attached hydrogens (tertiary/aromatic N) is 1. The minimum atomic E-state index is -0.519. The molecular formula is C26H31N3O3. The Morgan fingerprint density at radius 2 is 1.69 bits per heavy atom. The summed E-state index contributed by atoms with van der Waals surface area (Å²) in [5.74, 6) is 0.0900. The molecule has 3 aromatic rings. The van der Waals surface area contributed by atoms with Crippen LogP contribution < -0.4 is 5.32 Å². The standard InChI is InChI=1S/C26H31N3O3/c1-26(2,3)32-25(31)28-19-13-15-29(16-14-19)23(18-9-5-4-6-10-18)24(30)21-17-27-22-12-8-7-11-20(21)22/h4-12,17,19,23,27H,13-16H2,1-3H3,(H,28,31). The number of hydrogen-bond acceptors (Lipinski definition) is 4. The Bertz CT molecular complexity index is 1080. The molecule has 1 aromatic heterocycles. The fraction of sp³-hybridized carbons (Fsp3) is 0.385. The fourth-order valence-corrected chi connectivity index (χ4v) is 4.36. The van der Waals surface area contributed by atoms with Crippen molar-refractivity contribution in [2.45, 2.75) is 51.3 Å². The SMILES string of the molecule is CC(C)(C)OC(=O)NC1CCN(C(C(=O)c2c[nH]c3ccccc23)c2ccccc2)CC1. The Hall–Kier alpha value is -3.12. The molecule has 0 bridgehead atoms. The van der Waals surface area contributed by atoms with Crippen molar-refractivity contribution in [3.8, 4) is 0 Å². The number of amides is 1. The van der Waals surface area contributed by atoms with Crippen molar-refractivity contribution in [2.24, 2.45) is 0 Å². The number of fused-ring (bicyclic) bond motifs is 1. The van der Waals surface area contributed by atoms with Crippen LogP contribution >= 0.6 is 0 Å². The smallest absolute Gasteiger partial charge is 0.407 e. The largest absolute Gasteiger partial charge is 0.444 e. The molecule has 2 N–H and O–H groups in total. The van der Waals surface area contributed by atoms with Crippen LogP contribution in [0.2, 0.25) is 0 Å². The molecule has 2 aromatic carbocycles. The summed E-state index contributed by atoms with van der Waals surface area (Å²) in [7, 11) is 0. The van der Waals surface area contributed by atoms with Gasteiger partial charge in [0.1, 0.15) is 5.60 Å². The summed E-state index contributed by atoms with van der Waals surface area (Å²) in [5.41, 5.74) is 2.14. The summed E-state index contributed by atoms with van der Waals surface area (Å²) in [6, 6.07) is 17.5. The van der Waals surface area contributed by atoms with Crippen LogP contribution in [0.15, 0.2) is 60.8 Å². The van der Waals surface area contributed by atoms with Crippen molar-refractivity contribution in [3.63, 3.8) is 0 Å². The molecule has 0 radical (unpaired) electrons. The summed E-state index contributed by atoms with van der Waals surface area (Å²) in [4.78, 5) is 31.4. The van der Waals surface area contributed by atoms with E-state index in [-0.39, 0.29) is 24.0 Å². The van der Waals surface area contributed by atoms with Gasteiger partial charge in [0.2, 0.25) is 0 Å². The number of nitrogens with one attached hydrogen (secondary N) is 2. The maximum atomic E-state index is 13.8. The molecule has 1 fully saturated rings. The lowest BCUT2D eigenvalue weighted by Gasteiger charge is -2.37. The van der Waals surface area contributed by atoms with Crippen LogP contribution in [0, 0.1) is 0 Å². The third kappa shape index (κ3) is 5.02. The quantitative estimate of drug-likeness (QED) is 0.550. The van der Waals surface area contributed by atoms with E-state index in [0.717, 1.165) is 29.3 Å². The number of ketones is 1. The summed E-state index contributed by atoms with van der Waals surface area (Å²) >= 11 is 0. The van der Waals surface area contributed by atoms with E-state index >= 15 is 0 Å². The number of benzene rings is 2. The van der Waals surface area contributed by atoms with Crippen LogP contribution in [-0.4, -0.2) is 46.5 Å². The van der Waals surface area contributed by atoms with Crippen molar-refractivity contribution < 1.29 is 14.3 Å². The Kier molecular flexibility index (Phi) is 6.33. The number of aromatic amines is 1. The van der Waals surface area contributed by atoms with Crippen molar-refractivity contribution in [1.29, 1.82) is 0 Å². The molecule has 0 aliphatic carbocycles. The van der Waals surface area contributed by atoms with Gasteiger partial charge in [0.15, 0.2) is 5.78 Å². The molecule has 0 saturated carbocycles. The normalized spacial score (nSPS) is 16.6. The third-order valence-corrected chi connectivity index (χ3v) is 5.83. The zero-order chi connectivity index (χ0) is 22.7. The van der Waals surface area contributed by atoms with Gasteiger partial charge in [-0.1, -0.05) is 48.5 Å². The number of rotatable bonds is 5. The summed E-state index contributed by atoms with van der Waals surface area (Å²) in [6.07, 6.45) is 2.97. The van der Waals surface area contributed by atoms with Gasteiger partial charge in [0.25, 0.3) is 0 Å². The molecule has 6 nitrogen and oxygen atoms in total. The Morgan fingerprint density at radius 3 is 2.38 bits per heavy atom. The van der Waals surface area contributed by atoms with Crippen LogP contribution in [0.3, 0.4) is 0 Å². The molecule has 6 heteroatoms. The predicted octanol–water partition coefficient (Wildman–Crippen LogP) is 5.08. The molecule has 1 atom stereocenters. The number of hydrogen-bond donors (Lipinski definition) is 2. The predicted molar refractivity (Wildman–Crippen MR) is 126 cm³/mol. The monoisotopic (exact) mass is 433 g/mol. The molecule has 4 rings (SSSR count). The third-order valence-electron chi connectivity index (χ3n) is 5.83. The van der Waals surface area contributed by atoms with Crippen LogP contribution in [0.1, 0.15) is 55.6 Å². The van der Waals surface area contributed by atoms with Crippen LogP contribution in [0.25, 0.3) is 10.9 Å². The van der Waals surface area contributed by atoms with E-state index in [1.165, 1.54) is 0 Å². The second kappa shape index (κ2) is 9.17. The minimum absolute atomic E-state index is 0.0423. The van der Waals surface area contributed by atoms with Gasteiger partial charge in [-0.15, -0.1) is 0 Å². The molecule has 1 unspecified atom stereocenters. The van der Waals surface area contributed by atoms with Crippen LogP contribution in [0.4, 0.5) is 4.79 Å². The van der Waals surface area contributed by atoms with Gasteiger partial charge in [-0.3, -0.25) is 9.69 Å². The molecular weight excluding hydrogens is 402 g/mol. The lowest BCUT2D eigenvalue weighted by Crippen LogP contribution is -2.48. The Morgan fingerprint density at radius 1 is 1.03 bits per heavy atom. The van der Waals surface area contributed by atoms with Crippen molar-refractivity contribution >= 4 is 22.8 Å². The van der Waals surface area contributed by atoms with E-state index in [1.807, 2.05) is 81.6 Å². The highest BCUT2D eigenvalue weighted by Crippen LogP contribution is 2.31. The number of para-hydroxylation sites is 1. The van der Waals surface area contributed by atoms with Crippen molar-refractivity contribution in [2.75, 3.05) is 13.1 Å². The molecule has 1 amide bonds. The van der Waals surface area contributed by atoms with Crippen LogP contribution in [-0.2, 0) is 4.74 Å². The lowest BCUT2D eigenvalue weighted by atomic mass is 9.93. The van der Waals surface area contributed by atoms with Gasteiger partial charge in [0.05, 0.1) is 6.04 Å². The average molecular weight is 434 g/mol. The molecule has 1 saturated heterocycles. The number of carbonyl (C=O) groups is 2. The van der Waals surface area contributed by atoms with Gasteiger partial charge < -0.3 is 15.0 Å². The van der Waals surface area contributed by atoms with E-state index in [9.17, 15) is 9.59 Å². The van der Waals surface area contributed by atoms with E-state index in [4.69, 9.17) is 4.74 Å². The first-order chi connectivity index (χ1) is 15.3. The van der Waals surface area contributed by atoms with Gasteiger partial charge in [0, 0.05) is 41.8 Å². The second-order valence-corrected chi connectivity index (χ2v) is 9.38. The number of alkyl carbamates (subject to hydrolysis) is 1. The topological polar surface area (TPSA) is 74.4 Å². The first-order valence-corrected chi connectivity index (χ1v) is 11.2. The van der Waals surface area contributed by atoms with E-state index in [0.29, 0.717) is 18.7 Å². The Labute approximate surface area is 188 Å². The van der Waals surface area contributed by atoms with Gasteiger partial charge in [-0.05, 0) is 45.2 Å². The number of likely N-dealkylation sites (tertiary alicyclic amines) is 1. The fourth-order valence-electron chi connectivity index (χ4n) is 4.36. The van der Waals surface area contributed by atoms with E-state index in [1.54, 1.807) is 0 Å². The average Bonchev–Trinajstić information content (AvgIpc) is 3.19. The minimum Gasteiger partial charge on any atom is -0.444 e. The molecule has 0 spiro atoms. The maximum Gasteiger partial charge on any atom is 0.407 e. The summed E-state index contributed by atoms with van der Waals surface area (Å²) < 4.78 is 5.39. The molecule has 1 aliphatic rings. The van der Waals surface area contributed by atoms with Crippen LogP contribution in [0.5, 0.6) is 0 Å².